The van der Waals surface area contributed by atoms with E-state index < -0.39 is 21.6 Å². The highest BCUT2D eigenvalue weighted by Crippen LogP contribution is 2.24. The highest BCUT2D eigenvalue weighted by atomic mass is 32.2. The Hall–Kier alpha value is -4.56. The predicted molar refractivity (Wildman–Crippen MR) is 137 cm³/mol. The first kappa shape index (κ1) is 24.6. The second kappa shape index (κ2) is 10.4. The molecule has 0 spiro atoms. The molecule has 2 N–H and O–H groups in total. The number of benzene rings is 4. The molecule has 8 heteroatoms. The minimum Gasteiger partial charge on any atom is -0.322 e. The Bertz CT molecular complexity index is 1550. The molecular weight excluding hydrogens is 479 g/mol. The van der Waals surface area contributed by atoms with Crippen LogP contribution < -0.4 is 10.6 Å². The topological polar surface area (TPSA) is 92.3 Å². The Kier molecular flexibility index (Phi) is 7.07. The number of anilines is 2. The van der Waals surface area contributed by atoms with Gasteiger partial charge < -0.3 is 10.6 Å². The SMILES string of the molecule is C=Cc1ccccc1C(=O)Nc1ccc(S(=O)(=O)c2ccc(NC(=O)c3ccccc3F)cc2)cc1. The van der Waals surface area contributed by atoms with E-state index in [-0.39, 0.29) is 21.3 Å². The van der Waals surface area contributed by atoms with Crippen molar-refractivity contribution in [1.82, 2.24) is 0 Å². The summed E-state index contributed by atoms with van der Waals surface area (Å²) in [5.41, 5.74) is 1.77. The molecule has 180 valence electrons. The molecule has 6 nitrogen and oxygen atoms in total. The number of nitrogens with one attached hydrogen (secondary N) is 2. The highest BCUT2D eigenvalue weighted by Gasteiger charge is 2.19. The fourth-order valence-corrected chi connectivity index (χ4v) is 4.76. The van der Waals surface area contributed by atoms with E-state index in [1.165, 1.54) is 66.7 Å². The van der Waals surface area contributed by atoms with Gasteiger partial charge in [-0.15, -0.1) is 0 Å². The third-order valence-electron chi connectivity index (χ3n) is 5.39. The molecule has 0 aromatic heterocycles. The molecule has 4 aromatic rings. The normalized spacial score (nSPS) is 10.9. The average Bonchev–Trinajstić information content (AvgIpc) is 2.89. The fraction of sp³-hybridized carbons (Fsp3) is 0. The van der Waals surface area contributed by atoms with E-state index in [0.29, 0.717) is 22.5 Å². The lowest BCUT2D eigenvalue weighted by atomic mass is 10.1. The van der Waals surface area contributed by atoms with Crippen LogP contribution in [-0.2, 0) is 9.84 Å². The minimum atomic E-state index is -3.85. The Balaban J connectivity index is 1.47. The summed E-state index contributed by atoms with van der Waals surface area (Å²) in [6, 6.07) is 23.9. The van der Waals surface area contributed by atoms with Crippen LogP contribution in [0.4, 0.5) is 15.8 Å². The maximum absolute atomic E-state index is 13.8. The minimum absolute atomic E-state index is 0.0167. The summed E-state index contributed by atoms with van der Waals surface area (Å²) in [5.74, 6) is -1.63. The maximum atomic E-state index is 13.8. The van der Waals surface area contributed by atoms with Gasteiger partial charge in [0, 0.05) is 16.9 Å². The van der Waals surface area contributed by atoms with Crippen molar-refractivity contribution < 1.29 is 22.4 Å². The van der Waals surface area contributed by atoms with Gasteiger partial charge in [-0.25, -0.2) is 12.8 Å². The van der Waals surface area contributed by atoms with Crippen LogP contribution in [0.5, 0.6) is 0 Å². The molecule has 0 heterocycles. The van der Waals surface area contributed by atoms with E-state index >= 15 is 0 Å². The van der Waals surface area contributed by atoms with Gasteiger partial charge in [0.25, 0.3) is 11.8 Å². The molecule has 0 aliphatic heterocycles. The van der Waals surface area contributed by atoms with Crippen LogP contribution in [0.3, 0.4) is 0 Å². The van der Waals surface area contributed by atoms with Gasteiger partial charge in [-0.1, -0.05) is 43.0 Å². The Morgan fingerprint density at radius 1 is 0.667 bits per heavy atom. The molecule has 2 amide bonds. The lowest BCUT2D eigenvalue weighted by molar-refractivity contribution is 0.101. The van der Waals surface area contributed by atoms with Crippen molar-refractivity contribution in [1.29, 1.82) is 0 Å². The smallest absolute Gasteiger partial charge is 0.258 e. The lowest BCUT2D eigenvalue weighted by Crippen LogP contribution is -2.14. The molecular formula is C28H21FN2O4S. The molecule has 0 radical (unpaired) electrons. The molecule has 0 bridgehead atoms. The van der Waals surface area contributed by atoms with E-state index in [0.717, 1.165) is 0 Å². The number of hydrogen-bond acceptors (Lipinski definition) is 4. The monoisotopic (exact) mass is 500 g/mol. The second-order valence-corrected chi connectivity index (χ2v) is 9.68. The van der Waals surface area contributed by atoms with Gasteiger partial charge in [0.1, 0.15) is 5.82 Å². The first-order valence-electron chi connectivity index (χ1n) is 10.8. The maximum Gasteiger partial charge on any atom is 0.258 e. The Labute approximate surface area is 208 Å². The molecule has 0 atom stereocenters. The van der Waals surface area contributed by atoms with Crippen molar-refractivity contribution in [2.24, 2.45) is 0 Å². The molecule has 36 heavy (non-hydrogen) atoms. The van der Waals surface area contributed by atoms with E-state index in [4.69, 9.17) is 0 Å². The Morgan fingerprint density at radius 3 is 1.61 bits per heavy atom. The Morgan fingerprint density at radius 2 is 1.11 bits per heavy atom. The summed E-state index contributed by atoms with van der Waals surface area (Å²) in [4.78, 5) is 24.9. The van der Waals surface area contributed by atoms with Gasteiger partial charge in [-0.2, -0.15) is 0 Å². The average molecular weight is 501 g/mol. The first-order chi connectivity index (χ1) is 17.3. The van der Waals surface area contributed by atoms with Gasteiger partial charge in [0.15, 0.2) is 0 Å². The summed E-state index contributed by atoms with van der Waals surface area (Å²) < 4.78 is 39.9. The van der Waals surface area contributed by atoms with Crippen LogP contribution in [-0.4, -0.2) is 20.2 Å². The van der Waals surface area contributed by atoms with Gasteiger partial charge in [0.2, 0.25) is 9.84 Å². The van der Waals surface area contributed by atoms with Gasteiger partial charge in [0.05, 0.1) is 15.4 Å². The zero-order valence-electron chi connectivity index (χ0n) is 18.9. The zero-order chi connectivity index (χ0) is 25.7. The van der Waals surface area contributed by atoms with Gasteiger partial charge in [-0.3, -0.25) is 9.59 Å². The summed E-state index contributed by atoms with van der Waals surface area (Å²) >= 11 is 0. The highest BCUT2D eigenvalue weighted by molar-refractivity contribution is 7.91. The van der Waals surface area contributed by atoms with Crippen molar-refractivity contribution in [3.05, 3.63) is 126 Å². The van der Waals surface area contributed by atoms with Crippen molar-refractivity contribution in [2.75, 3.05) is 10.6 Å². The molecule has 0 fully saturated rings. The van der Waals surface area contributed by atoms with Crippen LogP contribution in [0.1, 0.15) is 26.3 Å². The summed E-state index contributed by atoms with van der Waals surface area (Å²) in [6.45, 7) is 3.70. The largest absolute Gasteiger partial charge is 0.322 e. The molecule has 4 aromatic carbocycles. The summed E-state index contributed by atoms with van der Waals surface area (Å²) in [7, 11) is -3.85. The lowest BCUT2D eigenvalue weighted by Gasteiger charge is -2.10. The number of amides is 2. The molecule has 4 rings (SSSR count). The molecule has 0 unspecified atom stereocenters. The number of hydrogen-bond donors (Lipinski definition) is 2. The number of halogens is 1. The quantitative estimate of drug-likeness (QED) is 0.335. The standard InChI is InChI=1S/C28H21FN2O4S/c1-2-19-7-3-4-8-24(19)27(32)30-20-11-15-22(16-12-20)36(34,35)23-17-13-21(14-18-23)31-28(33)25-9-5-6-10-26(25)29/h2-18H,1H2,(H,30,32)(H,31,33). The summed E-state index contributed by atoms with van der Waals surface area (Å²) in [6.07, 6.45) is 1.58. The third-order valence-corrected chi connectivity index (χ3v) is 7.17. The number of carbonyl (C=O) groups excluding carboxylic acids is 2. The first-order valence-corrected chi connectivity index (χ1v) is 12.3. The van der Waals surface area contributed by atoms with E-state index in [1.54, 1.807) is 36.4 Å². The van der Waals surface area contributed by atoms with Crippen molar-refractivity contribution >= 4 is 39.1 Å². The van der Waals surface area contributed by atoms with Crippen molar-refractivity contribution in [3.8, 4) is 0 Å². The van der Waals surface area contributed by atoms with Crippen LogP contribution in [0, 0.1) is 5.82 Å². The zero-order valence-corrected chi connectivity index (χ0v) is 19.8. The molecule has 0 saturated heterocycles. The van der Waals surface area contributed by atoms with Crippen LogP contribution >= 0.6 is 0 Å². The predicted octanol–water partition coefficient (Wildman–Crippen LogP) is 5.81. The van der Waals surface area contributed by atoms with Crippen molar-refractivity contribution in [2.45, 2.75) is 9.79 Å². The van der Waals surface area contributed by atoms with Crippen molar-refractivity contribution in [3.63, 3.8) is 0 Å². The number of sulfone groups is 1. The molecule has 0 saturated carbocycles. The summed E-state index contributed by atoms with van der Waals surface area (Å²) in [5, 5.41) is 5.29. The van der Waals surface area contributed by atoms with Gasteiger partial charge in [-0.05, 0) is 72.3 Å². The van der Waals surface area contributed by atoms with Crippen LogP contribution in [0.25, 0.3) is 6.08 Å². The van der Waals surface area contributed by atoms with E-state index in [2.05, 4.69) is 17.2 Å². The third kappa shape index (κ3) is 5.24. The van der Waals surface area contributed by atoms with Gasteiger partial charge >= 0.3 is 0 Å². The van der Waals surface area contributed by atoms with E-state index in [9.17, 15) is 22.4 Å². The van der Waals surface area contributed by atoms with E-state index in [1.807, 2.05) is 0 Å². The van der Waals surface area contributed by atoms with Crippen LogP contribution in [0.2, 0.25) is 0 Å². The van der Waals surface area contributed by atoms with Crippen LogP contribution in [0.15, 0.2) is 113 Å². The molecule has 0 aliphatic rings. The number of rotatable bonds is 7. The second-order valence-electron chi connectivity index (χ2n) is 7.73. The fourth-order valence-electron chi connectivity index (χ4n) is 3.49. The number of carbonyl (C=O) groups is 2. The molecule has 0 aliphatic carbocycles.